The molecule has 1 N–H and O–H groups in total. The van der Waals surface area contributed by atoms with Crippen molar-refractivity contribution in [2.24, 2.45) is 7.05 Å². The second-order valence-electron chi connectivity index (χ2n) is 6.43. The number of hydrogen-bond acceptors (Lipinski definition) is 8. The Labute approximate surface area is 159 Å². The first kappa shape index (κ1) is 16.3. The Bertz CT molecular complexity index is 1100. The highest BCUT2D eigenvalue weighted by Gasteiger charge is 2.22. The van der Waals surface area contributed by atoms with Gasteiger partial charge in [0.1, 0.15) is 16.9 Å². The first-order valence-corrected chi connectivity index (χ1v) is 9.54. The van der Waals surface area contributed by atoms with E-state index in [2.05, 4.69) is 30.6 Å². The van der Waals surface area contributed by atoms with Crippen LogP contribution < -0.4 is 5.32 Å². The van der Waals surface area contributed by atoms with Crippen molar-refractivity contribution in [3.05, 3.63) is 41.8 Å². The first-order chi connectivity index (χ1) is 13.2. The van der Waals surface area contributed by atoms with Crippen LogP contribution in [-0.4, -0.2) is 36.6 Å². The Morgan fingerprint density at radius 3 is 2.96 bits per heavy atom. The van der Waals surface area contributed by atoms with Gasteiger partial charge in [0.25, 0.3) is 0 Å². The number of aryl methyl sites for hydroxylation is 1. The minimum absolute atomic E-state index is 0.0776. The van der Waals surface area contributed by atoms with Crippen LogP contribution >= 0.6 is 11.3 Å². The number of aromatic nitrogens is 6. The molecule has 1 atom stereocenters. The second-order valence-corrected chi connectivity index (χ2v) is 7.44. The molecule has 0 bridgehead atoms. The molecule has 0 aromatic carbocycles. The van der Waals surface area contributed by atoms with Gasteiger partial charge in [0, 0.05) is 37.2 Å². The van der Waals surface area contributed by atoms with E-state index in [0.29, 0.717) is 10.9 Å². The van der Waals surface area contributed by atoms with Gasteiger partial charge in [-0.05, 0) is 31.0 Å². The molecule has 0 saturated carbocycles. The van der Waals surface area contributed by atoms with Crippen molar-refractivity contribution < 1.29 is 4.74 Å². The van der Waals surface area contributed by atoms with Gasteiger partial charge in [-0.1, -0.05) is 11.3 Å². The third kappa shape index (κ3) is 3.26. The molecule has 1 saturated heterocycles. The van der Waals surface area contributed by atoms with E-state index in [1.807, 2.05) is 43.8 Å². The Balaban J connectivity index is 1.41. The highest BCUT2D eigenvalue weighted by atomic mass is 32.1. The van der Waals surface area contributed by atoms with Crippen LogP contribution in [0.3, 0.4) is 0 Å². The monoisotopic (exact) mass is 379 g/mol. The van der Waals surface area contributed by atoms with E-state index < -0.39 is 0 Å². The molecule has 1 fully saturated rings. The second kappa shape index (κ2) is 6.67. The number of hydrogen-bond donors (Lipinski definition) is 1. The minimum Gasteiger partial charge on any atom is -0.371 e. The lowest BCUT2D eigenvalue weighted by molar-refractivity contribution is 0.111. The molecule has 1 aliphatic heterocycles. The number of nitrogens with one attached hydrogen (secondary N) is 1. The number of pyridine rings is 2. The summed E-state index contributed by atoms with van der Waals surface area (Å²) in [5.74, 6) is 0.711. The molecule has 4 aromatic rings. The van der Waals surface area contributed by atoms with Crippen molar-refractivity contribution in [1.29, 1.82) is 0 Å². The normalized spacial score (nSPS) is 16.9. The van der Waals surface area contributed by atoms with Gasteiger partial charge in [0.15, 0.2) is 0 Å². The molecule has 0 amide bonds. The van der Waals surface area contributed by atoms with Gasteiger partial charge in [-0.15, -0.1) is 10.2 Å². The highest BCUT2D eigenvalue weighted by Crippen LogP contribution is 2.32. The maximum Gasteiger partial charge on any atom is 0.211 e. The van der Waals surface area contributed by atoms with Crippen molar-refractivity contribution in [1.82, 2.24) is 29.9 Å². The van der Waals surface area contributed by atoms with E-state index in [1.54, 1.807) is 4.68 Å². The predicted molar refractivity (Wildman–Crippen MR) is 103 cm³/mol. The fourth-order valence-corrected chi connectivity index (χ4v) is 3.94. The number of fused-ring (bicyclic) bond motifs is 1. The van der Waals surface area contributed by atoms with Crippen LogP contribution in [0.15, 0.2) is 36.8 Å². The van der Waals surface area contributed by atoms with Crippen LogP contribution in [0.25, 0.3) is 22.2 Å². The van der Waals surface area contributed by atoms with Gasteiger partial charge in [-0.3, -0.25) is 9.67 Å². The minimum atomic E-state index is 0.0776. The van der Waals surface area contributed by atoms with E-state index in [9.17, 15) is 0 Å². The van der Waals surface area contributed by atoms with Crippen LogP contribution in [0, 0.1) is 0 Å². The zero-order valence-electron chi connectivity index (χ0n) is 14.7. The maximum atomic E-state index is 5.67. The van der Waals surface area contributed by atoms with Crippen LogP contribution in [-0.2, 0) is 11.8 Å². The lowest BCUT2D eigenvalue weighted by Crippen LogP contribution is -1.94. The maximum absolute atomic E-state index is 5.67. The summed E-state index contributed by atoms with van der Waals surface area (Å²) < 4.78 is 7.44. The molecule has 1 unspecified atom stereocenters. The van der Waals surface area contributed by atoms with E-state index in [1.165, 1.54) is 11.3 Å². The highest BCUT2D eigenvalue weighted by molar-refractivity contribution is 7.15. The Kier molecular flexibility index (Phi) is 4.02. The molecular formula is C18H17N7OS. The molecule has 9 heteroatoms. The largest absolute Gasteiger partial charge is 0.371 e. The SMILES string of the molecule is Cn1cc(-c2cnc3ccc(Nc4nnc(C5CCCO5)s4)nc3c2)cn1. The fourth-order valence-electron chi connectivity index (χ4n) is 3.10. The number of nitrogens with zero attached hydrogens (tertiary/aromatic N) is 6. The molecule has 0 radical (unpaired) electrons. The molecule has 136 valence electrons. The number of ether oxygens (including phenoxy) is 1. The molecular weight excluding hydrogens is 362 g/mol. The molecule has 5 rings (SSSR count). The van der Waals surface area contributed by atoms with Crippen LogP contribution in [0.5, 0.6) is 0 Å². The molecule has 8 nitrogen and oxygen atoms in total. The smallest absolute Gasteiger partial charge is 0.211 e. The summed E-state index contributed by atoms with van der Waals surface area (Å²) in [4.78, 5) is 9.18. The summed E-state index contributed by atoms with van der Waals surface area (Å²) in [7, 11) is 1.89. The molecule has 5 heterocycles. The lowest BCUT2D eigenvalue weighted by atomic mass is 10.1. The van der Waals surface area contributed by atoms with Crippen LogP contribution in [0.1, 0.15) is 24.0 Å². The third-order valence-corrected chi connectivity index (χ3v) is 5.39. The molecule has 4 aromatic heterocycles. The van der Waals surface area contributed by atoms with E-state index in [-0.39, 0.29) is 6.10 Å². The summed E-state index contributed by atoms with van der Waals surface area (Å²) in [5.41, 5.74) is 3.64. The number of anilines is 2. The van der Waals surface area contributed by atoms with Gasteiger partial charge >= 0.3 is 0 Å². The topological polar surface area (TPSA) is 90.6 Å². The Hall–Kier alpha value is -2.91. The summed E-state index contributed by atoms with van der Waals surface area (Å²) in [6.07, 6.45) is 7.77. The fraction of sp³-hybridized carbons (Fsp3) is 0.278. The van der Waals surface area contributed by atoms with Crippen molar-refractivity contribution in [3.8, 4) is 11.1 Å². The van der Waals surface area contributed by atoms with Gasteiger partial charge in [0.2, 0.25) is 5.13 Å². The zero-order chi connectivity index (χ0) is 18.2. The van der Waals surface area contributed by atoms with Crippen LogP contribution in [0.4, 0.5) is 10.9 Å². The van der Waals surface area contributed by atoms with Crippen molar-refractivity contribution in [2.45, 2.75) is 18.9 Å². The summed E-state index contributed by atoms with van der Waals surface area (Å²) in [6.45, 7) is 0.797. The van der Waals surface area contributed by atoms with Crippen LogP contribution in [0.2, 0.25) is 0 Å². The van der Waals surface area contributed by atoms with Gasteiger partial charge in [0.05, 0.1) is 17.2 Å². The molecule has 0 aliphatic carbocycles. The predicted octanol–water partition coefficient (Wildman–Crippen LogP) is 3.48. The van der Waals surface area contributed by atoms with E-state index in [0.717, 1.165) is 46.6 Å². The first-order valence-electron chi connectivity index (χ1n) is 8.72. The van der Waals surface area contributed by atoms with Gasteiger partial charge in [-0.2, -0.15) is 5.10 Å². The Morgan fingerprint density at radius 1 is 1.19 bits per heavy atom. The summed E-state index contributed by atoms with van der Waals surface area (Å²) >= 11 is 1.51. The molecule has 0 spiro atoms. The average Bonchev–Trinajstić information content (AvgIpc) is 3.42. The van der Waals surface area contributed by atoms with Crippen molar-refractivity contribution in [3.63, 3.8) is 0 Å². The Morgan fingerprint density at radius 2 is 2.15 bits per heavy atom. The average molecular weight is 379 g/mol. The van der Waals surface area contributed by atoms with Crippen molar-refractivity contribution >= 4 is 33.3 Å². The summed E-state index contributed by atoms with van der Waals surface area (Å²) in [5, 5.41) is 17.5. The van der Waals surface area contributed by atoms with E-state index >= 15 is 0 Å². The summed E-state index contributed by atoms with van der Waals surface area (Å²) in [6, 6.07) is 5.86. The van der Waals surface area contributed by atoms with E-state index in [4.69, 9.17) is 4.74 Å². The zero-order valence-corrected chi connectivity index (χ0v) is 15.5. The van der Waals surface area contributed by atoms with Crippen molar-refractivity contribution in [2.75, 3.05) is 11.9 Å². The lowest BCUT2D eigenvalue weighted by Gasteiger charge is -2.05. The number of rotatable bonds is 4. The molecule has 27 heavy (non-hydrogen) atoms. The van der Waals surface area contributed by atoms with Gasteiger partial charge < -0.3 is 10.1 Å². The molecule has 1 aliphatic rings. The standard InChI is InChI=1S/C18H17N7OS/c1-25-10-12(9-20-25)11-7-14-13(19-8-11)4-5-16(21-14)22-18-24-23-17(27-18)15-3-2-6-26-15/h4-5,7-10,15H,2-3,6H2,1H3,(H,21,22,24). The third-order valence-electron chi connectivity index (χ3n) is 4.46. The quantitative estimate of drug-likeness (QED) is 0.580. The van der Waals surface area contributed by atoms with Gasteiger partial charge in [-0.25, -0.2) is 4.98 Å².